The Morgan fingerprint density at radius 3 is 2.44 bits per heavy atom. The van der Waals surface area contributed by atoms with E-state index in [1.54, 1.807) is 12.1 Å². The van der Waals surface area contributed by atoms with Gasteiger partial charge in [-0.25, -0.2) is 0 Å². The van der Waals surface area contributed by atoms with Crippen LogP contribution < -0.4 is 0 Å². The van der Waals surface area contributed by atoms with Gasteiger partial charge in [0.15, 0.2) is 0 Å². The molecule has 1 atom stereocenters. The number of thiophene rings is 1. The minimum Gasteiger partial charge on any atom is -0.383 e. The first-order valence-electron chi connectivity index (χ1n) is 4.64. The number of nitro benzene ring substituents is 1. The quantitative estimate of drug-likeness (QED) is 0.657. The SMILES string of the molecule is O=[N+]([O-])c1ccc([C@@H](O)c2cccs2)cc1. The van der Waals surface area contributed by atoms with Gasteiger partial charge in [0, 0.05) is 17.0 Å². The summed E-state index contributed by atoms with van der Waals surface area (Å²) in [5, 5.41) is 22.3. The topological polar surface area (TPSA) is 63.4 Å². The van der Waals surface area contributed by atoms with E-state index in [1.807, 2.05) is 17.5 Å². The Balaban J connectivity index is 2.25. The first-order valence-corrected chi connectivity index (χ1v) is 5.52. The molecule has 0 amide bonds. The lowest BCUT2D eigenvalue weighted by Crippen LogP contribution is -1.97. The second-order valence-corrected chi connectivity index (χ2v) is 4.25. The smallest absolute Gasteiger partial charge is 0.269 e. The lowest BCUT2D eigenvalue weighted by atomic mass is 10.1. The third-order valence-electron chi connectivity index (χ3n) is 2.23. The second kappa shape index (κ2) is 4.42. The summed E-state index contributed by atoms with van der Waals surface area (Å²) >= 11 is 1.45. The summed E-state index contributed by atoms with van der Waals surface area (Å²) in [4.78, 5) is 10.8. The van der Waals surface area contributed by atoms with E-state index < -0.39 is 11.0 Å². The first-order chi connectivity index (χ1) is 7.68. The number of rotatable bonds is 3. The molecular formula is C11H9NO3S. The van der Waals surface area contributed by atoms with Gasteiger partial charge in [-0.3, -0.25) is 10.1 Å². The third-order valence-corrected chi connectivity index (χ3v) is 3.16. The van der Waals surface area contributed by atoms with Gasteiger partial charge in [-0.1, -0.05) is 6.07 Å². The summed E-state index contributed by atoms with van der Waals surface area (Å²) in [5.74, 6) is 0. The van der Waals surface area contributed by atoms with Crippen LogP contribution in [0.4, 0.5) is 5.69 Å². The molecule has 2 aromatic rings. The molecule has 0 radical (unpaired) electrons. The number of aliphatic hydroxyl groups excluding tert-OH is 1. The maximum Gasteiger partial charge on any atom is 0.269 e. The molecule has 5 heteroatoms. The van der Waals surface area contributed by atoms with Gasteiger partial charge in [-0.05, 0) is 29.1 Å². The van der Waals surface area contributed by atoms with Crippen LogP contribution >= 0.6 is 11.3 Å². The molecule has 16 heavy (non-hydrogen) atoms. The molecule has 0 spiro atoms. The Hall–Kier alpha value is -1.72. The predicted molar refractivity (Wildman–Crippen MR) is 61.5 cm³/mol. The highest BCUT2D eigenvalue weighted by molar-refractivity contribution is 7.10. The molecule has 82 valence electrons. The molecule has 1 aromatic heterocycles. The van der Waals surface area contributed by atoms with Crippen molar-refractivity contribution in [2.75, 3.05) is 0 Å². The highest BCUT2D eigenvalue weighted by Gasteiger charge is 2.12. The van der Waals surface area contributed by atoms with Gasteiger partial charge >= 0.3 is 0 Å². The molecule has 0 bridgehead atoms. The molecule has 0 saturated carbocycles. The molecule has 4 nitrogen and oxygen atoms in total. The summed E-state index contributed by atoms with van der Waals surface area (Å²) in [7, 11) is 0. The lowest BCUT2D eigenvalue weighted by Gasteiger charge is -2.07. The average molecular weight is 235 g/mol. The Bertz CT molecular complexity index is 478. The van der Waals surface area contributed by atoms with Crippen molar-refractivity contribution in [2.24, 2.45) is 0 Å². The predicted octanol–water partition coefficient (Wildman–Crippen LogP) is 2.74. The zero-order chi connectivity index (χ0) is 11.5. The van der Waals surface area contributed by atoms with Crippen LogP contribution in [0.3, 0.4) is 0 Å². The fourth-order valence-electron chi connectivity index (χ4n) is 1.39. The summed E-state index contributed by atoms with van der Waals surface area (Å²) in [6.07, 6.45) is -0.708. The van der Waals surface area contributed by atoms with Gasteiger partial charge in [-0.2, -0.15) is 0 Å². The van der Waals surface area contributed by atoms with Gasteiger partial charge in [-0.15, -0.1) is 11.3 Å². The van der Waals surface area contributed by atoms with E-state index in [0.717, 1.165) is 4.88 Å². The van der Waals surface area contributed by atoms with Crippen LogP contribution in [-0.4, -0.2) is 10.0 Å². The number of aliphatic hydroxyl groups is 1. The maximum atomic E-state index is 10.5. The van der Waals surface area contributed by atoms with Crippen molar-refractivity contribution >= 4 is 17.0 Å². The summed E-state index contributed by atoms with van der Waals surface area (Å²) < 4.78 is 0. The van der Waals surface area contributed by atoms with E-state index in [9.17, 15) is 15.2 Å². The van der Waals surface area contributed by atoms with Crippen molar-refractivity contribution in [2.45, 2.75) is 6.10 Å². The molecule has 0 fully saturated rings. The van der Waals surface area contributed by atoms with Crippen LogP contribution in [0.2, 0.25) is 0 Å². The van der Waals surface area contributed by atoms with Crippen LogP contribution in [0.15, 0.2) is 41.8 Å². The van der Waals surface area contributed by atoms with E-state index in [4.69, 9.17) is 0 Å². The molecule has 1 aromatic carbocycles. The van der Waals surface area contributed by atoms with Crippen molar-refractivity contribution in [3.63, 3.8) is 0 Å². The monoisotopic (exact) mass is 235 g/mol. The van der Waals surface area contributed by atoms with Gasteiger partial charge in [0.1, 0.15) is 6.10 Å². The van der Waals surface area contributed by atoms with E-state index in [0.29, 0.717) is 5.56 Å². The molecule has 0 unspecified atom stereocenters. The van der Waals surface area contributed by atoms with Gasteiger partial charge < -0.3 is 5.11 Å². The Morgan fingerprint density at radius 2 is 1.94 bits per heavy atom. The molecule has 0 aliphatic heterocycles. The van der Waals surface area contributed by atoms with Crippen molar-refractivity contribution in [3.05, 3.63) is 62.3 Å². The largest absolute Gasteiger partial charge is 0.383 e. The Labute approximate surface area is 95.9 Å². The fraction of sp³-hybridized carbons (Fsp3) is 0.0909. The number of nitrogens with zero attached hydrogens (tertiary/aromatic N) is 1. The first kappa shape index (κ1) is 10.8. The van der Waals surface area contributed by atoms with E-state index in [1.165, 1.54) is 23.5 Å². The van der Waals surface area contributed by atoms with Crippen molar-refractivity contribution in [1.82, 2.24) is 0 Å². The number of benzene rings is 1. The molecule has 0 aliphatic rings. The number of nitro groups is 1. The van der Waals surface area contributed by atoms with Crippen molar-refractivity contribution in [3.8, 4) is 0 Å². The standard InChI is InChI=1S/C11H9NO3S/c13-11(10-2-1-7-16-10)8-3-5-9(6-4-8)12(14)15/h1-7,11,13H/t11-/m1/s1. The Kier molecular flexibility index (Phi) is 2.98. The molecule has 1 heterocycles. The molecule has 0 saturated heterocycles. The molecule has 2 rings (SSSR count). The van der Waals surface area contributed by atoms with E-state index >= 15 is 0 Å². The fourth-order valence-corrected chi connectivity index (χ4v) is 2.13. The van der Waals surface area contributed by atoms with Crippen LogP contribution in [0.1, 0.15) is 16.5 Å². The normalized spacial score (nSPS) is 12.3. The third kappa shape index (κ3) is 2.10. The highest BCUT2D eigenvalue weighted by Crippen LogP contribution is 2.26. The van der Waals surface area contributed by atoms with Gasteiger partial charge in [0.25, 0.3) is 5.69 Å². The summed E-state index contributed by atoms with van der Waals surface area (Å²) in [5.41, 5.74) is 0.690. The molecule has 1 N–H and O–H groups in total. The van der Waals surface area contributed by atoms with E-state index in [-0.39, 0.29) is 5.69 Å². The zero-order valence-electron chi connectivity index (χ0n) is 8.24. The Morgan fingerprint density at radius 1 is 1.25 bits per heavy atom. The minimum atomic E-state index is -0.708. The lowest BCUT2D eigenvalue weighted by molar-refractivity contribution is -0.384. The number of hydrogen-bond donors (Lipinski definition) is 1. The minimum absolute atomic E-state index is 0.0297. The zero-order valence-corrected chi connectivity index (χ0v) is 9.05. The van der Waals surface area contributed by atoms with Gasteiger partial charge in [0.05, 0.1) is 4.92 Å². The summed E-state index contributed by atoms with van der Waals surface area (Å²) in [6.45, 7) is 0. The molecular weight excluding hydrogens is 226 g/mol. The second-order valence-electron chi connectivity index (χ2n) is 3.27. The highest BCUT2D eigenvalue weighted by atomic mass is 32.1. The maximum absolute atomic E-state index is 10.5. The van der Waals surface area contributed by atoms with Crippen LogP contribution in [-0.2, 0) is 0 Å². The van der Waals surface area contributed by atoms with Crippen LogP contribution in [0, 0.1) is 10.1 Å². The van der Waals surface area contributed by atoms with Crippen molar-refractivity contribution in [1.29, 1.82) is 0 Å². The van der Waals surface area contributed by atoms with Crippen molar-refractivity contribution < 1.29 is 10.0 Å². The number of hydrogen-bond acceptors (Lipinski definition) is 4. The van der Waals surface area contributed by atoms with Gasteiger partial charge in [0.2, 0.25) is 0 Å². The van der Waals surface area contributed by atoms with E-state index in [2.05, 4.69) is 0 Å². The number of non-ortho nitro benzene ring substituents is 1. The average Bonchev–Trinajstić information content (AvgIpc) is 2.81. The van der Waals surface area contributed by atoms with Crippen LogP contribution in [0.25, 0.3) is 0 Å². The molecule has 0 aliphatic carbocycles. The van der Waals surface area contributed by atoms with Crippen LogP contribution in [0.5, 0.6) is 0 Å². The summed E-state index contributed by atoms with van der Waals surface area (Å²) in [6, 6.07) is 9.62.